The third-order valence-corrected chi connectivity index (χ3v) is 3.46. The van der Waals surface area contributed by atoms with Gasteiger partial charge >= 0.3 is 0 Å². The second kappa shape index (κ2) is 9.55. The number of hydrogen-bond acceptors (Lipinski definition) is 3. The number of carbonyl (C=O) groups is 1. The number of carbonyl (C=O) groups excluding carboxylic acids is 1. The zero-order valence-electron chi connectivity index (χ0n) is 12.2. The van der Waals surface area contributed by atoms with Crippen molar-refractivity contribution in [2.24, 2.45) is 0 Å². The molecule has 0 aliphatic carbocycles. The molecular weight excluding hydrogens is 288 g/mol. The van der Waals surface area contributed by atoms with Crippen molar-refractivity contribution in [2.75, 3.05) is 20.2 Å². The van der Waals surface area contributed by atoms with Crippen LogP contribution < -0.4 is 10.6 Å². The van der Waals surface area contributed by atoms with Crippen LogP contribution in [0.2, 0.25) is 0 Å². The zero-order chi connectivity index (χ0) is 14.2. The van der Waals surface area contributed by atoms with E-state index in [2.05, 4.69) is 10.6 Å². The molecule has 0 spiro atoms. The van der Waals surface area contributed by atoms with Crippen molar-refractivity contribution in [1.29, 1.82) is 0 Å². The maximum absolute atomic E-state index is 11.8. The van der Waals surface area contributed by atoms with E-state index in [-0.39, 0.29) is 30.5 Å². The quantitative estimate of drug-likeness (QED) is 0.845. The van der Waals surface area contributed by atoms with Crippen molar-refractivity contribution in [1.82, 2.24) is 10.6 Å². The Morgan fingerprint density at radius 2 is 2.14 bits per heavy atom. The summed E-state index contributed by atoms with van der Waals surface area (Å²) < 4.78 is 5.32. The minimum absolute atomic E-state index is 0. The Bertz CT molecular complexity index is 451. The largest absolute Gasteiger partial charge is 0.378 e. The number of nitrogens with one attached hydrogen (secondary N) is 2. The van der Waals surface area contributed by atoms with E-state index in [0.717, 1.165) is 25.1 Å². The summed E-state index contributed by atoms with van der Waals surface area (Å²) in [5, 5.41) is 6.23. The molecule has 2 atom stereocenters. The summed E-state index contributed by atoms with van der Waals surface area (Å²) >= 11 is 0. The fourth-order valence-electron chi connectivity index (χ4n) is 2.32. The van der Waals surface area contributed by atoms with E-state index in [1.807, 2.05) is 42.5 Å². The van der Waals surface area contributed by atoms with Crippen LogP contribution in [0.25, 0.3) is 6.08 Å². The fraction of sp³-hybridized carbons (Fsp3) is 0.438. The van der Waals surface area contributed by atoms with Crippen molar-refractivity contribution in [3.8, 4) is 0 Å². The van der Waals surface area contributed by atoms with Crippen LogP contribution in [-0.4, -0.2) is 38.3 Å². The molecule has 0 aromatic heterocycles. The lowest BCUT2D eigenvalue weighted by atomic mass is 10.1. The molecule has 2 unspecified atom stereocenters. The molecule has 0 radical (unpaired) electrons. The van der Waals surface area contributed by atoms with Crippen molar-refractivity contribution in [2.45, 2.75) is 25.0 Å². The number of ether oxygens (including phenoxy) is 1. The highest BCUT2D eigenvalue weighted by Crippen LogP contribution is 2.06. The van der Waals surface area contributed by atoms with Gasteiger partial charge in [-0.1, -0.05) is 42.5 Å². The number of halogens is 1. The Balaban J connectivity index is 0.00000220. The minimum Gasteiger partial charge on any atom is -0.378 e. The number of amides is 1. The molecule has 0 bridgehead atoms. The van der Waals surface area contributed by atoms with E-state index in [9.17, 15) is 4.79 Å². The molecule has 1 aromatic rings. The molecule has 1 aromatic carbocycles. The Labute approximate surface area is 132 Å². The van der Waals surface area contributed by atoms with Gasteiger partial charge < -0.3 is 15.4 Å². The molecule has 1 aliphatic rings. The first kappa shape index (κ1) is 17.7. The summed E-state index contributed by atoms with van der Waals surface area (Å²) in [7, 11) is 1.68. The standard InChI is InChI=1S/C16H22N2O2.ClH/c1-20-15-12-17-11-14(15)18-16(19)10-6-5-9-13-7-3-2-4-8-13;/h2-5,7-9,14-15,17H,6,10-12H2,1H3,(H,18,19);1H. The normalized spacial score (nSPS) is 21.2. The van der Waals surface area contributed by atoms with E-state index in [1.54, 1.807) is 7.11 Å². The summed E-state index contributed by atoms with van der Waals surface area (Å²) in [5.74, 6) is 0.0819. The van der Waals surface area contributed by atoms with Gasteiger partial charge in [0.1, 0.15) is 0 Å². The first-order valence-electron chi connectivity index (χ1n) is 7.04. The smallest absolute Gasteiger partial charge is 0.220 e. The lowest BCUT2D eigenvalue weighted by molar-refractivity contribution is -0.122. The molecule has 1 fully saturated rings. The number of allylic oxidation sites excluding steroid dienone is 1. The first-order chi connectivity index (χ1) is 9.79. The fourth-order valence-corrected chi connectivity index (χ4v) is 2.32. The number of hydrogen-bond donors (Lipinski definition) is 2. The first-order valence-corrected chi connectivity index (χ1v) is 7.04. The van der Waals surface area contributed by atoms with E-state index in [0.29, 0.717) is 6.42 Å². The summed E-state index contributed by atoms with van der Waals surface area (Å²) in [6.07, 6.45) is 5.42. The van der Waals surface area contributed by atoms with Gasteiger partial charge in [0.05, 0.1) is 12.1 Å². The molecule has 116 valence electrons. The molecule has 21 heavy (non-hydrogen) atoms. The topological polar surface area (TPSA) is 50.4 Å². The van der Waals surface area contributed by atoms with Crippen LogP contribution in [0.5, 0.6) is 0 Å². The molecule has 4 nitrogen and oxygen atoms in total. The van der Waals surface area contributed by atoms with Gasteiger partial charge in [0.15, 0.2) is 0 Å². The highest BCUT2D eigenvalue weighted by Gasteiger charge is 2.27. The van der Waals surface area contributed by atoms with E-state index < -0.39 is 0 Å². The van der Waals surface area contributed by atoms with Gasteiger partial charge in [0.2, 0.25) is 5.91 Å². The van der Waals surface area contributed by atoms with E-state index >= 15 is 0 Å². The molecular formula is C16H23ClN2O2. The van der Waals surface area contributed by atoms with Crippen molar-refractivity contribution >= 4 is 24.4 Å². The van der Waals surface area contributed by atoms with Crippen molar-refractivity contribution < 1.29 is 9.53 Å². The Kier molecular flexibility index (Phi) is 8.05. The molecule has 1 aliphatic heterocycles. The summed E-state index contributed by atoms with van der Waals surface area (Å²) in [4.78, 5) is 11.8. The molecule has 1 amide bonds. The predicted octanol–water partition coefficient (Wildman–Crippen LogP) is 2.00. The lowest BCUT2D eigenvalue weighted by Crippen LogP contribution is -2.43. The maximum atomic E-state index is 11.8. The Hall–Kier alpha value is -1.36. The van der Waals surface area contributed by atoms with Gasteiger partial charge in [-0.15, -0.1) is 12.4 Å². The monoisotopic (exact) mass is 310 g/mol. The van der Waals surface area contributed by atoms with Crippen LogP contribution in [-0.2, 0) is 9.53 Å². The van der Waals surface area contributed by atoms with Gasteiger partial charge in [0.25, 0.3) is 0 Å². The summed E-state index contributed by atoms with van der Waals surface area (Å²) in [6.45, 7) is 1.58. The second-order valence-electron chi connectivity index (χ2n) is 4.96. The lowest BCUT2D eigenvalue weighted by Gasteiger charge is -2.18. The van der Waals surface area contributed by atoms with Crippen LogP contribution in [0, 0.1) is 0 Å². The van der Waals surface area contributed by atoms with Crippen molar-refractivity contribution in [3.05, 3.63) is 42.0 Å². The van der Waals surface area contributed by atoms with Gasteiger partial charge in [-0.05, 0) is 12.0 Å². The zero-order valence-corrected chi connectivity index (χ0v) is 13.1. The average Bonchev–Trinajstić information content (AvgIpc) is 2.92. The van der Waals surface area contributed by atoms with Crippen LogP contribution in [0.4, 0.5) is 0 Å². The summed E-state index contributed by atoms with van der Waals surface area (Å²) in [5.41, 5.74) is 1.16. The van der Waals surface area contributed by atoms with Crippen molar-refractivity contribution in [3.63, 3.8) is 0 Å². The Morgan fingerprint density at radius 3 is 2.86 bits per heavy atom. The molecule has 2 rings (SSSR count). The molecule has 0 saturated carbocycles. The summed E-state index contributed by atoms with van der Waals surface area (Å²) in [6, 6.07) is 10.2. The van der Waals surface area contributed by atoms with Crippen LogP contribution in [0.3, 0.4) is 0 Å². The third kappa shape index (κ3) is 5.87. The second-order valence-corrected chi connectivity index (χ2v) is 4.96. The Morgan fingerprint density at radius 1 is 1.38 bits per heavy atom. The molecule has 1 saturated heterocycles. The third-order valence-electron chi connectivity index (χ3n) is 3.46. The average molecular weight is 311 g/mol. The number of benzene rings is 1. The van der Waals surface area contributed by atoms with Crippen LogP contribution in [0.1, 0.15) is 18.4 Å². The molecule has 5 heteroatoms. The van der Waals surface area contributed by atoms with Gasteiger partial charge in [-0.3, -0.25) is 4.79 Å². The number of rotatable bonds is 6. The van der Waals surface area contributed by atoms with E-state index in [1.165, 1.54) is 0 Å². The minimum atomic E-state index is 0. The van der Waals surface area contributed by atoms with E-state index in [4.69, 9.17) is 4.74 Å². The van der Waals surface area contributed by atoms with Gasteiger partial charge in [0, 0.05) is 26.6 Å². The van der Waals surface area contributed by atoms with Gasteiger partial charge in [-0.25, -0.2) is 0 Å². The molecule has 2 N–H and O–H groups in total. The number of methoxy groups -OCH3 is 1. The highest BCUT2D eigenvalue weighted by atomic mass is 35.5. The molecule has 1 heterocycles. The SMILES string of the molecule is COC1CNCC1NC(=O)CCC=Cc1ccccc1.Cl. The highest BCUT2D eigenvalue weighted by molar-refractivity contribution is 5.85. The van der Waals surface area contributed by atoms with Crippen LogP contribution in [0.15, 0.2) is 36.4 Å². The van der Waals surface area contributed by atoms with Gasteiger partial charge in [-0.2, -0.15) is 0 Å². The maximum Gasteiger partial charge on any atom is 0.220 e. The predicted molar refractivity (Wildman–Crippen MR) is 87.6 cm³/mol. The van der Waals surface area contributed by atoms with Crippen LogP contribution >= 0.6 is 12.4 Å².